The minimum atomic E-state index is 0.127. The molecule has 0 unspecified atom stereocenters. The summed E-state index contributed by atoms with van der Waals surface area (Å²) in [5.41, 5.74) is 2.99. The number of methoxy groups -OCH3 is 1. The minimum Gasteiger partial charge on any atom is -0.496 e. The van der Waals surface area contributed by atoms with Gasteiger partial charge in [0.2, 0.25) is 5.91 Å². The summed E-state index contributed by atoms with van der Waals surface area (Å²) in [6.07, 6.45) is 1.92. The van der Waals surface area contributed by atoms with E-state index >= 15 is 0 Å². The number of hydrogen-bond donors (Lipinski definition) is 0. The summed E-state index contributed by atoms with van der Waals surface area (Å²) in [6, 6.07) is 8.20. The van der Waals surface area contributed by atoms with Gasteiger partial charge in [0.1, 0.15) is 5.75 Å². The number of thiazole rings is 1. The number of aromatic nitrogens is 1. The highest BCUT2D eigenvalue weighted by atomic mass is 32.1. The molecule has 5 nitrogen and oxygen atoms in total. The number of nitrogens with zero attached hydrogens (tertiary/aromatic N) is 3. The van der Waals surface area contributed by atoms with Gasteiger partial charge in [0, 0.05) is 49.7 Å². The molecular weight excluding hydrogens is 310 g/mol. The fourth-order valence-electron chi connectivity index (χ4n) is 3.05. The van der Waals surface area contributed by atoms with Gasteiger partial charge in [-0.2, -0.15) is 0 Å². The van der Waals surface area contributed by atoms with Gasteiger partial charge in [-0.15, -0.1) is 11.3 Å². The highest BCUT2D eigenvalue weighted by molar-refractivity contribution is 7.09. The molecular formula is C17H21N3O2S. The average molecular weight is 331 g/mol. The molecule has 1 atom stereocenters. The highest BCUT2D eigenvalue weighted by Crippen LogP contribution is 2.33. The second-order valence-corrected chi connectivity index (χ2v) is 6.63. The monoisotopic (exact) mass is 331 g/mol. The molecule has 0 aliphatic carbocycles. The molecule has 6 heteroatoms. The molecule has 1 aliphatic rings. The first-order chi connectivity index (χ1) is 11.2. The lowest BCUT2D eigenvalue weighted by atomic mass is 10.0. The third-order valence-electron chi connectivity index (χ3n) is 4.28. The van der Waals surface area contributed by atoms with E-state index in [-0.39, 0.29) is 11.9 Å². The maximum Gasteiger partial charge on any atom is 0.219 e. The van der Waals surface area contributed by atoms with Crippen molar-refractivity contribution in [1.82, 2.24) is 14.8 Å². The van der Waals surface area contributed by atoms with E-state index in [1.54, 1.807) is 25.4 Å². The highest BCUT2D eigenvalue weighted by Gasteiger charge is 2.31. The third-order valence-corrected chi connectivity index (χ3v) is 5.04. The average Bonchev–Trinajstić information content (AvgIpc) is 3.08. The van der Waals surface area contributed by atoms with Crippen molar-refractivity contribution in [3.05, 3.63) is 46.4 Å². The standard InChI is InChI=1S/C17H21N3O2S/c1-13(21)19-7-8-20(10-14-9-18-12-23-14)16(11-19)15-5-3-4-6-17(15)22-2/h3-6,9,12,16H,7-8,10-11H2,1-2H3/t16-/m1/s1. The smallest absolute Gasteiger partial charge is 0.219 e. The lowest BCUT2D eigenvalue weighted by Gasteiger charge is -2.41. The van der Waals surface area contributed by atoms with Crippen LogP contribution in [0.4, 0.5) is 0 Å². The summed E-state index contributed by atoms with van der Waals surface area (Å²) in [6.45, 7) is 4.78. The quantitative estimate of drug-likeness (QED) is 0.864. The van der Waals surface area contributed by atoms with Gasteiger partial charge in [0.25, 0.3) is 0 Å². The van der Waals surface area contributed by atoms with E-state index in [4.69, 9.17) is 4.74 Å². The number of amides is 1. The van der Waals surface area contributed by atoms with Crippen LogP contribution < -0.4 is 4.74 Å². The molecule has 1 saturated heterocycles. The van der Waals surface area contributed by atoms with E-state index in [2.05, 4.69) is 16.0 Å². The SMILES string of the molecule is COc1ccccc1[C@H]1CN(C(C)=O)CCN1Cc1cncs1. The van der Waals surface area contributed by atoms with E-state index < -0.39 is 0 Å². The maximum atomic E-state index is 11.8. The van der Waals surface area contributed by atoms with Crippen molar-refractivity contribution < 1.29 is 9.53 Å². The number of rotatable bonds is 4. The van der Waals surface area contributed by atoms with Gasteiger partial charge in [-0.3, -0.25) is 14.7 Å². The zero-order valence-electron chi connectivity index (χ0n) is 13.4. The summed E-state index contributed by atoms with van der Waals surface area (Å²) in [4.78, 5) is 21.5. The topological polar surface area (TPSA) is 45.7 Å². The molecule has 23 heavy (non-hydrogen) atoms. The first-order valence-electron chi connectivity index (χ1n) is 7.69. The molecule has 0 spiro atoms. The number of benzene rings is 1. The van der Waals surface area contributed by atoms with Crippen LogP contribution in [0.15, 0.2) is 36.0 Å². The van der Waals surface area contributed by atoms with E-state index in [0.717, 1.165) is 30.9 Å². The normalized spacial score (nSPS) is 18.9. The Hall–Kier alpha value is -1.92. The van der Waals surface area contributed by atoms with Crippen LogP contribution in [0.1, 0.15) is 23.4 Å². The molecule has 0 N–H and O–H groups in total. The van der Waals surface area contributed by atoms with Crippen molar-refractivity contribution in [2.75, 3.05) is 26.7 Å². The van der Waals surface area contributed by atoms with Gasteiger partial charge in [0.05, 0.1) is 18.7 Å². The second-order valence-electron chi connectivity index (χ2n) is 5.66. The van der Waals surface area contributed by atoms with Crippen molar-refractivity contribution in [3.8, 4) is 5.75 Å². The summed E-state index contributed by atoms with van der Waals surface area (Å²) < 4.78 is 5.54. The summed E-state index contributed by atoms with van der Waals surface area (Å²) in [7, 11) is 1.69. The van der Waals surface area contributed by atoms with Gasteiger partial charge >= 0.3 is 0 Å². The number of carbonyl (C=O) groups is 1. The third kappa shape index (κ3) is 3.54. The predicted molar refractivity (Wildman–Crippen MR) is 90.5 cm³/mol. The summed E-state index contributed by atoms with van der Waals surface area (Å²) in [5, 5.41) is 0. The van der Waals surface area contributed by atoms with Crippen molar-refractivity contribution in [2.45, 2.75) is 19.5 Å². The van der Waals surface area contributed by atoms with Gasteiger partial charge in [0.15, 0.2) is 0 Å². The minimum absolute atomic E-state index is 0.127. The van der Waals surface area contributed by atoms with Gasteiger partial charge in [-0.25, -0.2) is 0 Å². The molecule has 0 radical (unpaired) electrons. The molecule has 1 fully saturated rings. The van der Waals surface area contributed by atoms with Crippen LogP contribution in [-0.2, 0) is 11.3 Å². The number of piperazine rings is 1. The van der Waals surface area contributed by atoms with Crippen LogP contribution in [0.5, 0.6) is 5.75 Å². The van der Waals surface area contributed by atoms with Crippen LogP contribution in [-0.4, -0.2) is 47.4 Å². The number of hydrogen-bond acceptors (Lipinski definition) is 5. The first kappa shape index (κ1) is 16.0. The first-order valence-corrected chi connectivity index (χ1v) is 8.57. The van der Waals surface area contributed by atoms with Crippen LogP contribution in [0.2, 0.25) is 0 Å². The Labute approximate surface area is 140 Å². The molecule has 2 heterocycles. The molecule has 0 saturated carbocycles. The second kappa shape index (κ2) is 7.10. The van der Waals surface area contributed by atoms with E-state index in [9.17, 15) is 4.79 Å². The molecule has 122 valence electrons. The number of carbonyl (C=O) groups excluding carboxylic acids is 1. The van der Waals surface area contributed by atoms with Crippen molar-refractivity contribution >= 4 is 17.2 Å². The van der Waals surface area contributed by atoms with Crippen LogP contribution in [0, 0.1) is 0 Å². The maximum absolute atomic E-state index is 11.8. The van der Waals surface area contributed by atoms with Crippen molar-refractivity contribution in [3.63, 3.8) is 0 Å². The zero-order chi connectivity index (χ0) is 16.2. The Morgan fingerprint density at radius 1 is 1.39 bits per heavy atom. The Balaban J connectivity index is 1.89. The van der Waals surface area contributed by atoms with Gasteiger partial charge in [-0.05, 0) is 6.07 Å². The van der Waals surface area contributed by atoms with E-state index in [1.165, 1.54) is 4.88 Å². The predicted octanol–water partition coefficient (Wildman–Crippen LogP) is 2.56. The molecule has 1 aliphatic heterocycles. The Morgan fingerprint density at radius 3 is 2.91 bits per heavy atom. The largest absolute Gasteiger partial charge is 0.496 e. The zero-order valence-corrected chi connectivity index (χ0v) is 14.3. The van der Waals surface area contributed by atoms with Crippen LogP contribution in [0.3, 0.4) is 0 Å². The lowest BCUT2D eigenvalue weighted by molar-refractivity contribution is -0.132. The fraction of sp³-hybridized carbons (Fsp3) is 0.412. The van der Waals surface area contributed by atoms with Gasteiger partial charge < -0.3 is 9.64 Å². The Bertz CT molecular complexity index is 660. The molecule has 1 amide bonds. The molecule has 2 aromatic rings. The van der Waals surface area contributed by atoms with Gasteiger partial charge in [-0.1, -0.05) is 18.2 Å². The molecule has 1 aromatic heterocycles. The Morgan fingerprint density at radius 2 is 2.22 bits per heavy atom. The van der Waals surface area contributed by atoms with E-state index in [0.29, 0.717) is 6.54 Å². The number of ether oxygens (including phenoxy) is 1. The molecule has 0 bridgehead atoms. The lowest BCUT2D eigenvalue weighted by Crippen LogP contribution is -2.49. The van der Waals surface area contributed by atoms with Crippen LogP contribution >= 0.6 is 11.3 Å². The van der Waals surface area contributed by atoms with Crippen molar-refractivity contribution in [1.29, 1.82) is 0 Å². The summed E-state index contributed by atoms with van der Waals surface area (Å²) in [5.74, 6) is 1.000. The summed E-state index contributed by atoms with van der Waals surface area (Å²) >= 11 is 1.67. The Kier molecular flexibility index (Phi) is 4.93. The fourth-order valence-corrected chi connectivity index (χ4v) is 3.67. The van der Waals surface area contributed by atoms with E-state index in [1.807, 2.05) is 34.8 Å². The molecule has 1 aromatic carbocycles. The molecule has 3 rings (SSSR count). The number of para-hydroxylation sites is 1. The van der Waals surface area contributed by atoms with Crippen molar-refractivity contribution in [2.24, 2.45) is 0 Å². The van der Waals surface area contributed by atoms with Crippen LogP contribution in [0.25, 0.3) is 0 Å².